The van der Waals surface area contributed by atoms with Crippen molar-refractivity contribution in [3.63, 3.8) is 0 Å². The highest BCUT2D eigenvalue weighted by Gasteiger charge is 2.24. The van der Waals surface area contributed by atoms with Gasteiger partial charge in [-0.05, 0) is 18.9 Å². The second-order valence-electron chi connectivity index (χ2n) is 2.92. The molecule has 0 radical (unpaired) electrons. The molecule has 0 aromatic carbocycles. The predicted octanol–water partition coefficient (Wildman–Crippen LogP) is 2.15. The van der Waals surface area contributed by atoms with Crippen LogP contribution < -0.4 is 4.74 Å². The number of hydrogen-bond donors (Lipinski definition) is 0. The molecule has 1 saturated carbocycles. The molecule has 0 amide bonds. The zero-order chi connectivity index (χ0) is 9.26. The van der Waals surface area contributed by atoms with Crippen molar-refractivity contribution < 1.29 is 4.74 Å². The van der Waals surface area contributed by atoms with Crippen molar-refractivity contribution in [2.45, 2.75) is 18.9 Å². The Hall–Kier alpha value is -1.27. The Bertz CT molecular complexity index is 368. The van der Waals surface area contributed by atoms with Gasteiger partial charge in [0.25, 0.3) is 0 Å². The van der Waals surface area contributed by atoms with Crippen LogP contribution in [0.5, 0.6) is 5.88 Å². The highest BCUT2D eigenvalue weighted by atomic mass is 35.5. The van der Waals surface area contributed by atoms with Crippen molar-refractivity contribution >= 4 is 11.6 Å². The number of rotatable bonds is 2. The van der Waals surface area contributed by atoms with E-state index in [4.69, 9.17) is 21.6 Å². The summed E-state index contributed by atoms with van der Waals surface area (Å²) in [5.74, 6) is 0.506. The zero-order valence-corrected chi connectivity index (χ0v) is 7.58. The summed E-state index contributed by atoms with van der Waals surface area (Å²) < 4.78 is 5.40. The summed E-state index contributed by atoms with van der Waals surface area (Å²) in [5, 5.41) is 8.80. The van der Waals surface area contributed by atoms with E-state index in [0.717, 1.165) is 12.8 Å². The third-order valence-corrected chi connectivity index (χ3v) is 2.04. The topological polar surface area (TPSA) is 45.9 Å². The number of pyridine rings is 1. The van der Waals surface area contributed by atoms with Crippen LogP contribution >= 0.6 is 11.6 Å². The molecule has 3 nitrogen and oxygen atoms in total. The van der Waals surface area contributed by atoms with Gasteiger partial charge in [-0.1, -0.05) is 11.6 Å². The van der Waals surface area contributed by atoms with Crippen LogP contribution in [-0.2, 0) is 0 Å². The van der Waals surface area contributed by atoms with E-state index in [-0.39, 0.29) is 5.15 Å². The van der Waals surface area contributed by atoms with E-state index in [2.05, 4.69) is 4.98 Å². The molecule has 1 aliphatic carbocycles. The van der Waals surface area contributed by atoms with Crippen LogP contribution in [0, 0.1) is 11.3 Å². The molecule has 0 unspecified atom stereocenters. The summed E-state index contributed by atoms with van der Waals surface area (Å²) >= 11 is 5.72. The predicted molar refractivity (Wildman–Crippen MR) is 47.6 cm³/mol. The van der Waals surface area contributed by atoms with Crippen molar-refractivity contribution in [2.24, 2.45) is 0 Å². The van der Waals surface area contributed by atoms with E-state index >= 15 is 0 Å². The maximum atomic E-state index is 8.59. The monoisotopic (exact) mass is 194 g/mol. The van der Waals surface area contributed by atoms with Gasteiger partial charge in [-0.25, -0.2) is 4.98 Å². The van der Waals surface area contributed by atoms with Crippen LogP contribution in [0.4, 0.5) is 0 Å². The van der Waals surface area contributed by atoms with Crippen molar-refractivity contribution in [3.8, 4) is 11.9 Å². The normalized spacial score (nSPS) is 15.1. The first kappa shape index (κ1) is 8.33. The third kappa shape index (κ3) is 1.90. The van der Waals surface area contributed by atoms with E-state index < -0.39 is 0 Å². The van der Waals surface area contributed by atoms with Gasteiger partial charge in [0.05, 0.1) is 5.56 Å². The van der Waals surface area contributed by atoms with Gasteiger partial charge in [-0.15, -0.1) is 0 Å². The minimum Gasteiger partial charge on any atom is -0.474 e. The highest BCUT2D eigenvalue weighted by molar-refractivity contribution is 6.30. The zero-order valence-electron chi connectivity index (χ0n) is 6.83. The first-order valence-electron chi connectivity index (χ1n) is 4.03. The lowest BCUT2D eigenvalue weighted by molar-refractivity contribution is 0.291. The van der Waals surface area contributed by atoms with Gasteiger partial charge in [0.15, 0.2) is 5.15 Å². The van der Waals surface area contributed by atoms with Crippen LogP contribution in [0.15, 0.2) is 12.1 Å². The van der Waals surface area contributed by atoms with Gasteiger partial charge in [-0.3, -0.25) is 0 Å². The second kappa shape index (κ2) is 3.23. The first-order valence-corrected chi connectivity index (χ1v) is 4.40. The third-order valence-electron chi connectivity index (χ3n) is 1.76. The van der Waals surface area contributed by atoms with Gasteiger partial charge < -0.3 is 4.74 Å². The Morgan fingerprint density at radius 1 is 1.54 bits per heavy atom. The summed E-state index contributed by atoms with van der Waals surface area (Å²) in [6.07, 6.45) is 2.47. The second-order valence-corrected chi connectivity index (χ2v) is 3.27. The van der Waals surface area contributed by atoms with E-state index in [9.17, 15) is 0 Å². The fraction of sp³-hybridized carbons (Fsp3) is 0.333. The molecule has 0 spiro atoms. The maximum absolute atomic E-state index is 8.59. The quantitative estimate of drug-likeness (QED) is 0.678. The van der Waals surface area contributed by atoms with Crippen LogP contribution in [0.25, 0.3) is 0 Å². The van der Waals surface area contributed by atoms with E-state index in [0.29, 0.717) is 17.5 Å². The van der Waals surface area contributed by atoms with Crippen molar-refractivity contribution in [2.75, 3.05) is 0 Å². The van der Waals surface area contributed by atoms with Crippen molar-refractivity contribution in [3.05, 3.63) is 22.8 Å². The van der Waals surface area contributed by atoms with Crippen LogP contribution in [0.2, 0.25) is 5.15 Å². The molecule has 1 heterocycles. The lowest BCUT2D eigenvalue weighted by atomic mass is 10.3. The van der Waals surface area contributed by atoms with Crippen molar-refractivity contribution in [1.82, 2.24) is 4.98 Å². The molecule has 66 valence electrons. The standard InChI is InChI=1S/C9H7ClN2O/c10-9-6(5-11)1-4-8(12-9)13-7-2-3-7/h1,4,7H,2-3H2. The van der Waals surface area contributed by atoms with E-state index in [1.165, 1.54) is 0 Å². The minimum atomic E-state index is 0.209. The molecule has 0 N–H and O–H groups in total. The Labute approximate surface area is 80.9 Å². The van der Waals surface area contributed by atoms with E-state index in [1.807, 2.05) is 6.07 Å². The molecule has 1 aromatic heterocycles. The number of hydrogen-bond acceptors (Lipinski definition) is 3. The van der Waals surface area contributed by atoms with Crippen LogP contribution in [-0.4, -0.2) is 11.1 Å². The van der Waals surface area contributed by atoms with Crippen LogP contribution in [0.3, 0.4) is 0 Å². The van der Waals surface area contributed by atoms with Gasteiger partial charge in [0.1, 0.15) is 12.2 Å². The summed E-state index contributed by atoms with van der Waals surface area (Å²) in [6, 6.07) is 5.23. The van der Waals surface area contributed by atoms with Crippen molar-refractivity contribution in [1.29, 1.82) is 5.26 Å². The average Bonchev–Trinajstić information content (AvgIpc) is 2.89. The Morgan fingerprint density at radius 3 is 2.85 bits per heavy atom. The van der Waals surface area contributed by atoms with Gasteiger partial charge in [-0.2, -0.15) is 5.26 Å². The summed E-state index contributed by atoms with van der Waals surface area (Å²) in [5.41, 5.74) is 0.379. The number of nitrogens with zero attached hydrogens (tertiary/aromatic N) is 2. The van der Waals surface area contributed by atoms with Crippen LogP contribution in [0.1, 0.15) is 18.4 Å². The Balaban J connectivity index is 2.19. The summed E-state index contributed by atoms with van der Waals surface area (Å²) in [6.45, 7) is 0. The molecule has 2 rings (SSSR count). The smallest absolute Gasteiger partial charge is 0.214 e. The molecule has 0 atom stereocenters. The Kier molecular flexibility index (Phi) is 2.07. The molecule has 1 aromatic rings. The summed E-state index contributed by atoms with van der Waals surface area (Å²) in [4.78, 5) is 3.94. The first-order chi connectivity index (χ1) is 6.29. The molecule has 1 fully saturated rings. The van der Waals surface area contributed by atoms with Gasteiger partial charge in [0, 0.05) is 6.07 Å². The molecule has 0 aliphatic heterocycles. The number of nitriles is 1. The number of aromatic nitrogens is 1. The SMILES string of the molecule is N#Cc1ccc(OC2CC2)nc1Cl. The minimum absolute atomic E-state index is 0.209. The fourth-order valence-electron chi connectivity index (χ4n) is 0.923. The molecular formula is C9H7ClN2O. The van der Waals surface area contributed by atoms with E-state index in [1.54, 1.807) is 12.1 Å². The largest absolute Gasteiger partial charge is 0.474 e. The average molecular weight is 195 g/mol. The lowest BCUT2D eigenvalue weighted by Gasteiger charge is -2.02. The number of ether oxygens (including phenoxy) is 1. The fourth-order valence-corrected chi connectivity index (χ4v) is 1.11. The molecule has 1 aliphatic rings. The molecule has 13 heavy (non-hydrogen) atoms. The Morgan fingerprint density at radius 2 is 2.31 bits per heavy atom. The molecule has 0 saturated heterocycles. The maximum Gasteiger partial charge on any atom is 0.214 e. The number of halogens is 1. The molecule has 4 heteroatoms. The van der Waals surface area contributed by atoms with Gasteiger partial charge >= 0.3 is 0 Å². The highest BCUT2D eigenvalue weighted by Crippen LogP contribution is 2.26. The summed E-state index contributed by atoms with van der Waals surface area (Å²) in [7, 11) is 0. The molecule has 0 bridgehead atoms. The van der Waals surface area contributed by atoms with Gasteiger partial charge in [0.2, 0.25) is 5.88 Å². The lowest BCUT2D eigenvalue weighted by Crippen LogP contribution is -1.98. The molecular weight excluding hydrogens is 188 g/mol.